The van der Waals surface area contributed by atoms with Gasteiger partial charge in [-0.05, 0) is 32.1 Å². The highest BCUT2D eigenvalue weighted by molar-refractivity contribution is 5.66. The normalized spacial score (nSPS) is 13.7. The van der Waals surface area contributed by atoms with E-state index >= 15 is 0 Å². The average Bonchev–Trinajstić information content (AvgIpc) is 2.58. The molecular formula is C22H36O3. The monoisotopic (exact) mass is 348 g/mol. The van der Waals surface area contributed by atoms with Gasteiger partial charge in [-0.2, -0.15) is 0 Å². The zero-order valence-electron chi connectivity index (χ0n) is 15.8. The van der Waals surface area contributed by atoms with Crippen molar-refractivity contribution >= 4 is 5.97 Å². The van der Waals surface area contributed by atoms with Crippen molar-refractivity contribution in [3.05, 3.63) is 48.6 Å². The summed E-state index contributed by atoms with van der Waals surface area (Å²) in [6, 6.07) is 0. The highest BCUT2D eigenvalue weighted by Gasteiger charge is 1.99. The molecule has 0 aliphatic carbocycles. The van der Waals surface area contributed by atoms with Gasteiger partial charge >= 0.3 is 5.97 Å². The van der Waals surface area contributed by atoms with E-state index in [1.165, 1.54) is 0 Å². The average molecular weight is 349 g/mol. The Hall–Kier alpha value is -1.61. The van der Waals surface area contributed by atoms with Crippen LogP contribution in [0.5, 0.6) is 0 Å². The number of aliphatic hydroxyl groups is 1. The summed E-state index contributed by atoms with van der Waals surface area (Å²) in [5.74, 6) is -0.705. The molecule has 0 amide bonds. The van der Waals surface area contributed by atoms with Crippen molar-refractivity contribution in [2.75, 3.05) is 0 Å². The molecule has 0 aromatic carbocycles. The lowest BCUT2D eigenvalue weighted by Crippen LogP contribution is -2.01. The molecule has 0 aliphatic rings. The van der Waals surface area contributed by atoms with Crippen molar-refractivity contribution in [3.63, 3.8) is 0 Å². The van der Waals surface area contributed by atoms with Gasteiger partial charge in [-0.25, -0.2) is 0 Å². The number of rotatable bonds is 16. The number of carbonyl (C=O) groups is 1. The first kappa shape index (κ1) is 23.4. The van der Waals surface area contributed by atoms with E-state index in [0.29, 0.717) is 0 Å². The zero-order chi connectivity index (χ0) is 18.6. The number of hydrogen-bond acceptors (Lipinski definition) is 2. The van der Waals surface area contributed by atoms with Crippen LogP contribution in [0.25, 0.3) is 0 Å². The van der Waals surface area contributed by atoms with Crippen molar-refractivity contribution in [3.8, 4) is 0 Å². The Morgan fingerprint density at radius 1 is 0.840 bits per heavy atom. The lowest BCUT2D eigenvalue weighted by atomic mass is 10.1. The van der Waals surface area contributed by atoms with Crippen LogP contribution in [-0.2, 0) is 4.79 Å². The van der Waals surface area contributed by atoms with Gasteiger partial charge < -0.3 is 10.2 Å². The Bertz CT molecular complexity index is 419. The maximum Gasteiger partial charge on any atom is 0.303 e. The summed E-state index contributed by atoms with van der Waals surface area (Å²) in [7, 11) is 0. The lowest BCUT2D eigenvalue weighted by molar-refractivity contribution is -0.137. The molecule has 0 aliphatic heterocycles. The van der Waals surface area contributed by atoms with Crippen molar-refractivity contribution in [2.24, 2.45) is 0 Å². The van der Waals surface area contributed by atoms with Gasteiger partial charge in [0.2, 0.25) is 0 Å². The van der Waals surface area contributed by atoms with Crippen LogP contribution in [0.15, 0.2) is 48.6 Å². The minimum atomic E-state index is -0.705. The molecule has 3 heteroatoms. The molecule has 0 saturated heterocycles. The predicted molar refractivity (Wildman–Crippen MR) is 107 cm³/mol. The lowest BCUT2D eigenvalue weighted by Gasteiger charge is -2.05. The first-order chi connectivity index (χ1) is 12.2. The summed E-state index contributed by atoms with van der Waals surface area (Å²) < 4.78 is 0. The molecule has 2 N–H and O–H groups in total. The fraction of sp³-hybridized carbons (Fsp3) is 0.591. The van der Waals surface area contributed by atoms with Crippen LogP contribution in [0.1, 0.15) is 77.6 Å². The summed E-state index contributed by atoms with van der Waals surface area (Å²) in [6.07, 6.45) is 26.3. The summed E-state index contributed by atoms with van der Waals surface area (Å²) in [6.45, 7) is 2.13. The van der Waals surface area contributed by atoms with Gasteiger partial charge in [0, 0.05) is 6.42 Å². The molecule has 0 saturated carbocycles. The van der Waals surface area contributed by atoms with Crippen LogP contribution in [0.4, 0.5) is 0 Å². The second-order valence-corrected chi connectivity index (χ2v) is 6.26. The standard InChI is InChI=1S/C22H36O3/c1-2-3-4-5-6-7-8-9-12-15-18-21(23)19-16-13-10-11-14-17-20-22(24)25/h3-4,6-7,9,12,15,18,21,23H,2,5,8,10-11,13-14,16-17,19-20H2,1H3,(H,24,25)/b4-3-,7-6-,12-9-,18-15-. The van der Waals surface area contributed by atoms with Gasteiger partial charge in [-0.1, -0.05) is 87.6 Å². The van der Waals surface area contributed by atoms with E-state index < -0.39 is 5.97 Å². The number of carboxylic acids is 1. The van der Waals surface area contributed by atoms with Crippen molar-refractivity contribution in [2.45, 2.75) is 83.7 Å². The van der Waals surface area contributed by atoms with Gasteiger partial charge in [0.1, 0.15) is 0 Å². The first-order valence-electron chi connectivity index (χ1n) is 9.70. The molecule has 25 heavy (non-hydrogen) atoms. The maximum atomic E-state index is 10.4. The van der Waals surface area contributed by atoms with Gasteiger partial charge in [0.25, 0.3) is 0 Å². The minimum Gasteiger partial charge on any atom is -0.481 e. The summed E-state index contributed by atoms with van der Waals surface area (Å²) in [5, 5.41) is 18.4. The molecule has 1 unspecified atom stereocenters. The Kier molecular flexibility index (Phi) is 17.5. The minimum absolute atomic E-state index is 0.280. The number of hydrogen-bond donors (Lipinski definition) is 2. The maximum absolute atomic E-state index is 10.4. The molecule has 0 aromatic heterocycles. The number of aliphatic hydroxyl groups excluding tert-OH is 1. The number of allylic oxidation sites excluding steroid dienone is 7. The number of aliphatic carboxylic acids is 1. The molecule has 0 spiro atoms. The van der Waals surface area contributed by atoms with E-state index in [4.69, 9.17) is 5.11 Å². The molecule has 1 atom stereocenters. The van der Waals surface area contributed by atoms with E-state index in [-0.39, 0.29) is 12.5 Å². The van der Waals surface area contributed by atoms with Gasteiger partial charge in [0.05, 0.1) is 6.10 Å². The molecule has 0 bridgehead atoms. The summed E-state index contributed by atoms with van der Waals surface area (Å²) in [5.41, 5.74) is 0. The van der Waals surface area contributed by atoms with E-state index in [2.05, 4.69) is 37.3 Å². The van der Waals surface area contributed by atoms with Crippen LogP contribution in [0.3, 0.4) is 0 Å². The first-order valence-corrected chi connectivity index (χ1v) is 9.70. The largest absolute Gasteiger partial charge is 0.481 e. The van der Waals surface area contributed by atoms with Crippen LogP contribution in [0.2, 0.25) is 0 Å². The molecule has 0 radical (unpaired) electrons. The smallest absolute Gasteiger partial charge is 0.303 e. The van der Waals surface area contributed by atoms with Gasteiger partial charge in [-0.3, -0.25) is 4.79 Å². The van der Waals surface area contributed by atoms with Crippen LogP contribution in [0, 0.1) is 0 Å². The summed E-state index contributed by atoms with van der Waals surface area (Å²) in [4.78, 5) is 10.4. The fourth-order valence-electron chi connectivity index (χ4n) is 2.40. The van der Waals surface area contributed by atoms with Gasteiger partial charge in [-0.15, -0.1) is 0 Å². The number of unbranched alkanes of at least 4 members (excludes halogenated alkanes) is 5. The molecule has 142 valence electrons. The van der Waals surface area contributed by atoms with E-state index in [9.17, 15) is 9.90 Å². The quantitative estimate of drug-likeness (QED) is 0.205. The predicted octanol–water partition coefficient (Wildman–Crippen LogP) is 5.97. The van der Waals surface area contributed by atoms with E-state index in [1.807, 2.05) is 18.2 Å². The molecule has 3 nitrogen and oxygen atoms in total. The van der Waals surface area contributed by atoms with Crippen LogP contribution in [-0.4, -0.2) is 22.3 Å². The Morgan fingerprint density at radius 2 is 1.44 bits per heavy atom. The Balaban J connectivity index is 3.50. The van der Waals surface area contributed by atoms with Crippen LogP contribution >= 0.6 is 0 Å². The molecule has 0 rings (SSSR count). The van der Waals surface area contributed by atoms with E-state index in [1.54, 1.807) is 0 Å². The SMILES string of the molecule is CC/C=C\C/C=C\C/C=C\C=C/C(O)CCCCCCCCC(=O)O. The van der Waals surface area contributed by atoms with Crippen molar-refractivity contribution in [1.29, 1.82) is 0 Å². The highest BCUT2D eigenvalue weighted by atomic mass is 16.4. The zero-order valence-corrected chi connectivity index (χ0v) is 15.8. The third kappa shape index (κ3) is 20.3. The fourth-order valence-corrected chi connectivity index (χ4v) is 2.40. The molecular weight excluding hydrogens is 312 g/mol. The molecule has 0 aromatic rings. The Labute approximate surface area is 153 Å². The molecule has 0 heterocycles. The molecule has 0 fully saturated rings. The topological polar surface area (TPSA) is 57.5 Å². The second kappa shape index (κ2) is 18.7. The Morgan fingerprint density at radius 3 is 2.12 bits per heavy atom. The third-order valence-electron chi connectivity index (χ3n) is 3.83. The van der Waals surface area contributed by atoms with Gasteiger partial charge in [0.15, 0.2) is 0 Å². The number of carboxylic acid groups (broad SMARTS) is 1. The third-order valence-corrected chi connectivity index (χ3v) is 3.83. The summed E-state index contributed by atoms with van der Waals surface area (Å²) >= 11 is 0. The van der Waals surface area contributed by atoms with E-state index in [0.717, 1.165) is 64.2 Å². The van der Waals surface area contributed by atoms with Crippen molar-refractivity contribution < 1.29 is 15.0 Å². The second-order valence-electron chi connectivity index (χ2n) is 6.26. The highest BCUT2D eigenvalue weighted by Crippen LogP contribution is 2.10. The van der Waals surface area contributed by atoms with Crippen molar-refractivity contribution in [1.82, 2.24) is 0 Å². The van der Waals surface area contributed by atoms with Crippen LogP contribution < -0.4 is 0 Å².